The van der Waals surface area contributed by atoms with Gasteiger partial charge in [0.15, 0.2) is 0 Å². The van der Waals surface area contributed by atoms with Crippen LogP contribution < -0.4 is 10.6 Å². The molecule has 2 rings (SSSR count). The molecule has 2 N–H and O–H groups in total. The van der Waals surface area contributed by atoms with Gasteiger partial charge in [-0.25, -0.2) is 4.79 Å². The van der Waals surface area contributed by atoms with Gasteiger partial charge in [-0.2, -0.15) is 0 Å². The van der Waals surface area contributed by atoms with Gasteiger partial charge in [-0.1, -0.05) is 18.6 Å². The predicted octanol–water partition coefficient (Wildman–Crippen LogP) is 2.91. The SMILES string of the molecule is CC1CCCCN1CCCNC(=O)NCC1CC=CCC1. The molecular weight excluding hydrogens is 262 g/mol. The van der Waals surface area contributed by atoms with Crippen LogP contribution in [-0.4, -0.2) is 43.2 Å². The lowest BCUT2D eigenvalue weighted by molar-refractivity contribution is 0.159. The van der Waals surface area contributed by atoms with E-state index in [1.165, 1.54) is 32.2 Å². The minimum Gasteiger partial charge on any atom is -0.338 e. The van der Waals surface area contributed by atoms with Crippen molar-refractivity contribution in [1.29, 1.82) is 0 Å². The zero-order valence-electron chi connectivity index (χ0n) is 13.4. The van der Waals surface area contributed by atoms with Crippen molar-refractivity contribution in [2.45, 2.75) is 57.9 Å². The fourth-order valence-corrected chi connectivity index (χ4v) is 3.32. The standard InChI is InChI=1S/C17H31N3O/c1-15-8-5-6-12-20(15)13-7-11-18-17(21)19-14-16-9-3-2-4-10-16/h2-3,15-16H,4-14H2,1H3,(H2,18,19,21). The summed E-state index contributed by atoms with van der Waals surface area (Å²) in [5.41, 5.74) is 0. The molecule has 1 aliphatic heterocycles. The van der Waals surface area contributed by atoms with Crippen LogP contribution in [0.1, 0.15) is 51.9 Å². The zero-order valence-corrected chi connectivity index (χ0v) is 13.4. The number of allylic oxidation sites excluding steroid dienone is 2. The monoisotopic (exact) mass is 293 g/mol. The molecule has 1 saturated heterocycles. The molecule has 2 amide bonds. The van der Waals surface area contributed by atoms with Crippen molar-refractivity contribution < 1.29 is 4.79 Å². The van der Waals surface area contributed by atoms with E-state index in [2.05, 4.69) is 34.6 Å². The zero-order chi connectivity index (χ0) is 14.9. The molecule has 2 aliphatic rings. The first-order valence-corrected chi connectivity index (χ1v) is 8.66. The number of hydrogen-bond acceptors (Lipinski definition) is 2. The molecule has 0 aromatic rings. The third kappa shape index (κ3) is 6.08. The lowest BCUT2D eigenvalue weighted by Crippen LogP contribution is -2.41. The summed E-state index contributed by atoms with van der Waals surface area (Å²) in [5.74, 6) is 0.620. The first kappa shape index (κ1) is 16.3. The van der Waals surface area contributed by atoms with E-state index in [4.69, 9.17) is 0 Å². The second kappa shape index (κ2) is 9.08. The molecule has 4 heteroatoms. The Bertz CT molecular complexity index is 343. The number of hydrogen-bond donors (Lipinski definition) is 2. The van der Waals surface area contributed by atoms with Gasteiger partial charge >= 0.3 is 6.03 Å². The van der Waals surface area contributed by atoms with Gasteiger partial charge in [-0.05, 0) is 57.9 Å². The lowest BCUT2D eigenvalue weighted by Gasteiger charge is -2.33. The van der Waals surface area contributed by atoms with Crippen molar-refractivity contribution in [2.24, 2.45) is 5.92 Å². The van der Waals surface area contributed by atoms with E-state index < -0.39 is 0 Å². The highest BCUT2D eigenvalue weighted by Gasteiger charge is 2.17. The van der Waals surface area contributed by atoms with Crippen LogP contribution in [0.2, 0.25) is 0 Å². The molecular formula is C17H31N3O. The van der Waals surface area contributed by atoms with Crippen LogP contribution >= 0.6 is 0 Å². The van der Waals surface area contributed by atoms with Crippen LogP contribution in [0.15, 0.2) is 12.2 Å². The van der Waals surface area contributed by atoms with Crippen molar-refractivity contribution in [1.82, 2.24) is 15.5 Å². The Morgan fingerprint density at radius 2 is 2.14 bits per heavy atom. The van der Waals surface area contributed by atoms with Crippen molar-refractivity contribution in [3.63, 3.8) is 0 Å². The van der Waals surface area contributed by atoms with Gasteiger partial charge in [0.1, 0.15) is 0 Å². The van der Waals surface area contributed by atoms with Gasteiger partial charge in [0.2, 0.25) is 0 Å². The molecule has 2 unspecified atom stereocenters. The molecule has 0 saturated carbocycles. The number of urea groups is 1. The number of rotatable bonds is 6. The van der Waals surface area contributed by atoms with Crippen LogP contribution in [0.25, 0.3) is 0 Å². The quantitative estimate of drug-likeness (QED) is 0.584. The van der Waals surface area contributed by atoms with Crippen molar-refractivity contribution in [2.75, 3.05) is 26.2 Å². The summed E-state index contributed by atoms with van der Waals surface area (Å²) >= 11 is 0. The lowest BCUT2D eigenvalue weighted by atomic mass is 9.94. The van der Waals surface area contributed by atoms with Gasteiger partial charge in [0, 0.05) is 25.7 Å². The highest BCUT2D eigenvalue weighted by Crippen LogP contribution is 2.17. The van der Waals surface area contributed by atoms with Crippen LogP contribution in [0.3, 0.4) is 0 Å². The molecule has 1 fully saturated rings. The average Bonchev–Trinajstić information content (AvgIpc) is 2.52. The Kier molecular flexibility index (Phi) is 7.07. The average molecular weight is 293 g/mol. The molecule has 120 valence electrons. The Labute approximate surface area is 129 Å². The van der Waals surface area contributed by atoms with Gasteiger partial charge in [0.25, 0.3) is 0 Å². The van der Waals surface area contributed by atoms with E-state index in [9.17, 15) is 4.79 Å². The van der Waals surface area contributed by atoms with Gasteiger partial charge < -0.3 is 15.5 Å². The first-order chi connectivity index (χ1) is 10.3. The maximum Gasteiger partial charge on any atom is 0.314 e. The summed E-state index contributed by atoms with van der Waals surface area (Å²) in [4.78, 5) is 14.3. The van der Waals surface area contributed by atoms with Gasteiger partial charge in [0.05, 0.1) is 0 Å². The first-order valence-electron chi connectivity index (χ1n) is 8.66. The van der Waals surface area contributed by atoms with Crippen LogP contribution in [0.5, 0.6) is 0 Å². The maximum absolute atomic E-state index is 11.7. The Hall–Kier alpha value is -1.03. The van der Waals surface area contributed by atoms with E-state index in [0.29, 0.717) is 12.0 Å². The summed E-state index contributed by atoms with van der Waals surface area (Å²) in [7, 11) is 0. The molecule has 2 atom stereocenters. The highest BCUT2D eigenvalue weighted by molar-refractivity contribution is 5.73. The van der Waals surface area contributed by atoms with Crippen molar-refractivity contribution in [3.05, 3.63) is 12.2 Å². The number of carbonyl (C=O) groups is 1. The van der Waals surface area contributed by atoms with Gasteiger partial charge in [-0.3, -0.25) is 0 Å². The molecule has 21 heavy (non-hydrogen) atoms. The second-order valence-electron chi connectivity index (χ2n) is 6.52. The Balaban J connectivity index is 1.49. The fourth-order valence-electron chi connectivity index (χ4n) is 3.32. The van der Waals surface area contributed by atoms with Crippen LogP contribution in [0.4, 0.5) is 4.79 Å². The number of piperidine rings is 1. The Morgan fingerprint density at radius 3 is 2.90 bits per heavy atom. The van der Waals surface area contributed by atoms with Gasteiger partial charge in [-0.15, -0.1) is 0 Å². The fraction of sp³-hybridized carbons (Fsp3) is 0.824. The third-order valence-corrected chi connectivity index (χ3v) is 4.78. The number of carbonyl (C=O) groups excluding carboxylic acids is 1. The van der Waals surface area contributed by atoms with E-state index in [-0.39, 0.29) is 6.03 Å². The summed E-state index contributed by atoms with van der Waals surface area (Å²) < 4.78 is 0. The number of nitrogens with one attached hydrogen (secondary N) is 2. The van der Waals surface area contributed by atoms with E-state index >= 15 is 0 Å². The molecule has 0 radical (unpaired) electrons. The van der Waals surface area contributed by atoms with E-state index in [1.54, 1.807) is 0 Å². The van der Waals surface area contributed by atoms with Crippen LogP contribution in [-0.2, 0) is 0 Å². The topological polar surface area (TPSA) is 44.4 Å². The Morgan fingerprint density at radius 1 is 1.24 bits per heavy atom. The molecule has 0 spiro atoms. The molecule has 0 aromatic heterocycles. The van der Waals surface area contributed by atoms with Crippen molar-refractivity contribution in [3.8, 4) is 0 Å². The molecule has 4 nitrogen and oxygen atoms in total. The number of likely N-dealkylation sites (tertiary alicyclic amines) is 1. The second-order valence-corrected chi connectivity index (χ2v) is 6.52. The number of nitrogens with zero attached hydrogens (tertiary/aromatic N) is 1. The molecule has 0 bridgehead atoms. The van der Waals surface area contributed by atoms with Crippen LogP contribution in [0, 0.1) is 5.92 Å². The van der Waals surface area contributed by atoms with E-state index in [0.717, 1.165) is 38.9 Å². The molecule has 1 heterocycles. The molecule has 0 aromatic carbocycles. The number of amides is 2. The van der Waals surface area contributed by atoms with E-state index in [1.807, 2.05) is 0 Å². The summed E-state index contributed by atoms with van der Waals surface area (Å²) in [5, 5.41) is 5.98. The van der Waals surface area contributed by atoms with Crippen molar-refractivity contribution >= 4 is 6.03 Å². The summed E-state index contributed by atoms with van der Waals surface area (Å²) in [6.45, 7) is 6.23. The minimum atomic E-state index is -0.00348. The molecule has 1 aliphatic carbocycles. The highest BCUT2D eigenvalue weighted by atomic mass is 16.2. The predicted molar refractivity (Wildman–Crippen MR) is 87.4 cm³/mol. The smallest absolute Gasteiger partial charge is 0.314 e. The largest absolute Gasteiger partial charge is 0.338 e. The summed E-state index contributed by atoms with van der Waals surface area (Å²) in [6, 6.07) is 0.711. The minimum absolute atomic E-state index is 0.00348. The third-order valence-electron chi connectivity index (χ3n) is 4.78. The normalized spacial score (nSPS) is 26.5. The summed E-state index contributed by atoms with van der Waals surface area (Å²) in [6.07, 6.45) is 13.0. The maximum atomic E-state index is 11.7.